The number of rotatable bonds is 4. The van der Waals surface area contributed by atoms with Gasteiger partial charge in [-0.15, -0.1) is 5.10 Å². The van der Waals surface area contributed by atoms with Crippen molar-refractivity contribution in [3.05, 3.63) is 66.0 Å². The Morgan fingerprint density at radius 1 is 0.913 bits per heavy atom. The van der Waals surface area contributed by atoms with Crippen molar-refractivity contribution < 1.29 is 9.47 Å². The fourth-order valence-electron chi connectivity index (χ4n) is 2.64. The number of aromatic nitrogens is 3. The highest BCUT2D eigenvalue weighted by atomic mass is 16.6. The molecule has 116 valence electrons. The minimum atomic E-state index is 0.613. The highest BCUT2D eigenvalue weighted by molar-refractivity contribution is 5.44. The van der Waals surface area contributed by atoms with Crippen LogP contribution in [0.5, 0.6) is 11.5 Å². The Morgan fingerprint density at radius 2 is 1.74 bits per heavy atom. The summed E-state index contributed by atoms with van der Waals surface area (Å²) >= 11 is 0. The molecule has 0 N–H and O–H groups in total. The van der Waals surface area contributed by atoms with E-state index in [0.717, 1.165) is 35.7 Å². The van der Waals surface area contributed by atoms with Crippen LogP contribution in [0.3, 0.4) is 0 Å². The molecule has 1 aliphatic heterocycles. The van der Waals surface area contributed by atoms with Crippen LogP contribution in [0.25, 0.3) is 5.69 Å². The Hall–Kier alpha value is -2.82. The molecule has 0 bridgehead atoms. The minimum absolute atomic E-state index is 0.613. The molecule has 0 atom stereocenters. The van der Waals surface area contributed by atoms with E-state index in [0.29, 0.717) is 13.2 Å². The summed E-state index contributed by atoms with van der Waals surface area (Å²) in [4.78, 5) is 0. The van der Waals surface area contributed by atoms with Gasteiger partial charge in [0.2, 0.25) is 0 Å². The van der Waals surface area contributed by atoms with Gasteiger partial charge in [-0.2, -0.15) is 0 Å². The summed E-state index contributed by atoms with van der Waals surface area (Å²) in [5.74, 6) is 1.66. The highest BCUT2D eigenvalue weighted by Crippen LogP contribution is 2.31. The quantitative estimate of drug-likeness (QED) is 0.743. The van der Waals surface area contributed by atoms with Gasteiger partial charge in [0.15, 0.2) is 11.5 Å². The maximum atomic E-state index is 5.62. The van der Waals surface area contributed by atoms with Crippen molar-refractivity contribution in [1.29, 1.82) is 0 Å². The molecule has 0 fully saturated rings. The minimum Gasteiger partial charge on any atom is -0.486 e. The standard InChI is InChI=1S/C18H17N3O2/c1-2-4-16(5-3-1)21-13-15(19-20-21)8-6-14-7-9-17-18(12-14)23-11-10-22-17/h1-5,7,9,12-13H,6,8,10-11H2. The lowest BCUT2D eigenvalue weighted by Crippen LogP contribution is -2.15. The summed E-state index contributed by atoms with van der Waals surface area (Å²) in [5, 5.41) is 8.44. The zero-order valence-electron chi connectivity index (χ0n) is 12.7. The normalized spacial score (nSPS) is 13.0. The second-order valence-electron chi connectivity index (χ2n) is 5.47. The molecule has 0 aliphatic carbocycles. The molecule has 1 aromatic heterocycles. The number of nitrogens with zero attached hydrogens (tertiary/aromatic N) is 3. The van der Waals surface area contributed by atoms with Crippen LogP contribution in [0.15, 0.2) is 54.7 Å². The molecule has 5 heteroatoms. The van der Waals surface area contributed by atoms with Crippen LogP contribution in [0.1, 0.15) is 11.3 Å². The maximum Gasteiger partial charge on any atom is 0.161 e. The number of fused-ring (bicyclic) bond motifs is 1. The molecule has 2 aromatic carbocycles. The fraction of sp³-hybridized carbons (Fsp3) is 0.222. The molecule has 0 saturated carbocycles. The molecule has 0 spiro atoms. The second kappa shape index (κ2) is 6.12. The van der Waals surface area contributed by atoms with Crippen LogP contribution < -0.4 is 9.47 Å². The molecule has 23 heavy (non-hydrogen) atoms. The SMILES string of the molecule is c1ccc(-n2cc(CCc3ccc4c(c3)OCCO4)nn2)cc1. The van der Waals surface area contributed by atoms with Gasteiger partial charge in [-0.25, -0.2) is 4.68 Å². The third-order valence-corrected chi connectivity index (χ3v) is 3.84. The molecule has 0 amide bonds. The van der Waals surface area contributed by atoms with E-state index in [9.17, 15) is 0 Å². The van der Waals surface area contributed by atoms with Gasteiger partial charge in [-0.3, -0.25) is 0 Å². The molecule has 0 radical (unpaired) electrons. The smallest absolute Gasteiger partial charge is 0.161 e. The monoisotopic (exact) mass is 307 g/mol. The van der Waals surface area contributed by atoms with Crippen LogP contribution in [0.4, 0.5) is 0 Å². The van der Waals surface area contributed by atoms with Crippen molar-refractivity contribution in [2.45, 2.75) is 12.8 Å². The van der Waals surface area contributed by atoms with Crippen molar-refractivity contribution >= 4 is 0 Å². The number of aryl methyl sites for hydroxylation is 2. The molecule has 3 aromatic rings. The van der Waals surface area contributed by atoms with Crippen LogP contribution >= 0.6 is 0 Å². The van der Waals surface area contributed by atoms with Gasteiger partial charge in [-0.1, -0.05) is 29.5 Å². The molecular formula is C18H17N3O2. The third-order valence-electron chi connectivity index (χ3n) is 3.84. The summed E-state index contributed by atoms with van der Waals surface area (Å²) < 4.78 is 13.0. The number of ether oxygens (including phenoxy) is 2. The first-order valence-corrected chi connectivity index (χ1v) is 7.74. The third kappa shape index (κ3) is 3.04. The van der Waals surface area contributed by atoms with E-state index in [4.69, 9.17) is 9.47 Å². The summed E-state index contributed by atoms with van der Waals surface area (Å²) in [6, 6.07) is 16.1. The Kier molecular flexibility index (Phi) is 3.68. The van der Waals surface area contributed by atoms with Gasteiger partial charge < -0.3 is 9.47 Å². The van der Waals surface area contributed by atoms with Crippen LogP contribution in [-0.2, 0) is 12.8 Å². The van der Waals surface area contributed by atoms with E-state index < -0.39 is 0 Å². The largest absolute Gasteiger partial charge is 0.486 e. The predicted octanol–water partition coefficient (Wildman–Crippen LogP) is 2.82. The van der Waals surface area contributed by atoms with E-state index in [1.165, 1.54) is 5.56 Å². The summed E-state index contributed by atoms with van der Waals surface area (Å²) in [6.45, 7) is 1.23. The van der Waals surface area contributed by atoms with E-state index in [1.54, 1.807) is 4.68 Å². The Bertz CT molecular complexity index is 799. The first-order valence-electron chi connectivity index (χ1n) is 7.74. The molecule has 1 aliphatic rings. The Balaban J connectivity index is 1.44. The predicted molar refractivity (Wildman–Crippen MR) is 86.2 cm³/mol. The van der Waals surface area contributed by atoms with Gasteiger partial charge in [0, 0.05) is 0 Å². The maximum absolute atomic E-state index is 5.62. The molecule has 5 nitrogen and oxygen atoms in total. The summed E-state index contributed by atoms with van der Waals surface area (Å²) in [6.07, 6.45) is 3.71. The molecular weight excluding hydrogens is 290 g/mol. The molecule has 4 rings (SSSR count). The molecule has 0 unspecified atom stereocenters. The Labute approximate surface area is 134 Å². The average Bonchev–Trinajstić information content (AvgIpc) is 3.10. The van der Waals surface area contributed by atoms with Gasteiger partial charge in [0.25, 0.3) is 0 Å². The zero-order chi connectivity index (χ0) is 15.5. The fourth-order valence-corrected chi connectivity index (χ4v) is 2.64. The van der Waals surface area contributed by atoms with E-state index in [-0.39, 0.29) is 0 Å². The van der Waals surface area contributed by atoms with Crippen molar-refractivity contribution in [3.63, 3.8) is 0 Å². The lowest BCUT2D eigenvalue weighted by Gasteiger charge is -2.18. The molecule has 0 saturated heterocycles. The van der Waals surface area contributed by atoms with Gasteiger partial charge >= 0.3 is 0 Å². The Morgan fingerprint density at radius 3 is 2.61 bits per heavy atom. The van der Waals surface area contributed by atoms with E-state index in [1.807, 2.05) is 42.6 Å². The van der Waals surface area contributed by atoms with Crippen molar-refractivity contribution in [1.82, 2.24) is 15.0 Å². The number of hydrogen-bond donors (Lipinski definition) is 0. The lowest BCUT2D eigenvalue weighted by molar-refractivity contribution is 0.171. The van der Waals surface area contributed by atoms with E-state index in [2.05, 4.69) is 22.4 Å². The first-order chi connectivity index (χ1) is 11.4. The van der Waals surface area contributed by atoms with Gasteiger partial charge in [0.1, 0.15) is 13.2 Å². The number of hydrogen-bond acceptors (Lipinski definition) is 4. The van der Waals surface area contributed by atoms with Crippen LogP contribution in [0, 0.1) is 0 Å². The number of para-hydroxylation sites is 1. The average molecular weight is 307 g/mol. The zero-order valence-corrected chi connectivity index (χ0v) is 12.7. The van der Waals surface area contributed by atoms with Crippen LogP contribution in [-0.4, -0.2) is 28.2 Å². The van der Waals surface area contributed by atoms with Gasteiger partial charge in [-0.05, 0) is 42.7 Å². The van der Waals surface area contributed by atoms with Gasteiger partial charge in [0.05, 0.1) is 17.6 Å². The van der Waals surface area contributed by atoms with Crippen molar-refractivity contribution in [2.24, 2.45) is 0 Å². The van der Waals surface area contributed by atoms with Crippen molar-refractivity contribution in [3.8, 4) is 17.2 Å². The molecule has 2 heterocycles. The van der Waals surface area contributed by atoms with E-state index >= 15 is 0 Å². The van der Waals surface area contributed by atoms with Crippen molar-refractivity contribution in [2.75, 3.05) is 13.2 Å². The topological polar surface area (TPSA) is 49.2 Å². The number of benzene rings is 2. The van der Waals surface area contributed by atoms with Crippen LogP contribution in [0.2, 0.25) is 0 Å². The summed E-state index contributed by atoms with van der Waals surface area (Å²) in [5.41, 5.74) is 3.21. The first kappa shape index (κ1) is 13.8. The lowest BCUT2D eigenvalue weighted by atomic mass is 10.1. The summed E-state index contributed by atoms with van der Waals surface area (Å²) in [7, 11) is 0. The second-order valence-corrected chi connectivity index (χ2v) is 5.47. The highest BCUT2D eigenvalue weighted by Gasteiger charge is 2.12.